The molecule has 0 amide bonds. The molecular formula is C20H26FN5O2. The fourth-order valence-electron chi connectivity index (χ4n) is 3.30. The lowest BCUT2D eigenvalue weighted by molar-refractivity contribution is 0.265. The fourth-order valence-corrected chi connectivity index (χ4v) is 3.30. The van der Waals surface area contributed by atoms with Gasteiger partial charge in [0.05, 0.1) is 13.1 Å². The zero-order valence-corrected chi connectivity index (χ0v) is 16.5. The van der Waals surface area contributed by atoms with Crippen molar-refractivity contribution in [2.45, 2.75) is 39.8 Å². The Kier molecular flexibility index (Phi) is 6.08. The van der Waals surface area contributed by atoms with E-state index in [0.717, 1.165) is 25.9 Å². The minimum absolute atomic E-state index is 0.172. The molecule has 2 heterocycles. The molecule has 0 radical (unpaired) electrons. The van der Waals surface area contributed by atoms with Crippen LogP contribution in [0.25, 0.3) is 11.2 Å². The lowest BCUT2D eigenvalue weighted by Crippen LogP contribution is -2.29. The van der Waals surface area contributed by atoms with Gasteiger partial charge < -0.3 is 4.57 Å². The summed E-state index contributed by atoms with van der Waals surface area (Å²) in [6.45, 7) is 6.64. The highest BCUT2D eigenvalue weighted by molar-refractivity contribution is 5.71. The number of fused-ring (bicyclic) bond motifs is 1. The summed E-state index contributed by atoms with van der Waals surface area (Å²) in [5, 5.41) is 0. The fraction of sp³-hybridized carbons (Fsp3) is 0.450. The molecule has 0 bridgehead atoms. The van der Waals surface area contributed by atoms with Gasteiger partial charge in [0.25, 0.3) is 5.56 Å². The van der Waals surface area contributed by atoms with E-state index < -0.39 is 11.2 Å². The molecule has 1 aromatic carbocycles. The molecular weight excluding hydrogens is 361 g/mol. The molecule has 28 heavy (non-hydrogen) atoms. The number of aromatic amines is 1. The lowest BCUT2D eigenvalue weighted by atomic mass is 10.2. The van der Waals surface area contributed by atoms with Gasteiger partial charge in [-0.25, -0.2) is 14.2 Å². The first-order chi connectivity index (χ1) is 13.5. The smallest absolute Gasteiger partial charge is 0.316 e. The number of imidazole rings is 1. The largest absolute Gasteiger partial charge is 0.329 e. The molecule has 0 aliphatic rings. The molecule has 0 spiro atoms. The van der Waals surface area contributed by atoms with Gasteiger partial charge in [0.2, 0.25) is 0 Å². The standard InChI is InChI=1S/C20H26FN5O2/c1-4-6-11-25(5-2)13-16-22-18-17(19(27)23-20(28)24(18)3)26(16)12-14-9-7-8-10-15(14)21/h7-10H,4-6,11-13H2,1-3H3,(H,23,27,28). The normalized spacial score (nSPS) is 11.6. The van der Waals surface area contributed by atoms with Gasteiger partial charge in [-0.3, -0.25) is 19.2 Å². The summed E-state index contributed by atoms with van der Waals surface area (Å²) in [6, 6.07) is 6.48. The topological polar surface area (TPSA) is 75.9 Å². The van der Waals surface area contributed by atoms with Crippen molar-refractivity contribution >= 4 is 11.2 Å². The number of aryl methyl sites for hydroxylation is 1. The van der Waals surface area contributed by atoms with Crippen molar-refractivity contribution < 1.29 is 4.39 Å². The Morgan fingerprint density at radius 2 is 1.96 bits per heavy atom. The maximum atomic E-state index is 14.3. The molecule has 1 N–H and O–H groups in total. The maximum absolute atomic E-state index is 14.3. The van der Waals surface area contributed by atoms with Crippen molar-refractivity contribution in [3.63, 3.8) is 0 Å². The number of halogens is 1. The number of hydrogen-bond donors (Lipinski definition) is 1. The molecule has 8 heteroatoms. The third kappa shape index (κ3) is 3.91. The van der Waals surface area contributed by atoms with Gasteiger partial charge >= 0.3 is 5.69 Å². The third-order valence-electron chi connectivity index (χ3n) is 5.01. The Hall–Kier alpha value is -2.74. The van der Waals surface area contributed by atoms with E-state index in [-0.39, 0.29) is 17.9 Å². The Morgan fingerprint density at radius 3 is 2.64 bits per heavy atom. The molecule has 0 aliphatic heterocycles. The lowest BCUT2D eigenvalue weighted by Gasteiger charge is -2.20. The van der Waals surface area contributed by atoms with Crippen LogP contribution in [0.3, 0.4) is 0 Å². The number of hydrogen-bond acceptors (Lipinski definition) is 4. The van der Waals surface area contributed by atoms with Crippen LogP contribution in [0.2, 0.25) is 0 Å². The molecule has 3 aromatic rings. The number of nitrogens with one attached hydrogen (secondary N) is 1. The van der Waals surface area contributed by atoms with Crippen LogP contribution in [0.4, 0.5) is 4.39 Å². The van der Waals surface area contributed by atoms with Crippen LogP contribution in [-0.4, -0.2) is 37.1 Å². The highest BCUT2D eigenvalue weighted by atomic mass is 19.1. The van der Waals surface area contributed by atoms with Crippen molar-refractivity contribution in [3.8, 4) is 0 Å². The molecule has 0 atom stereocenters. The second-order valence-electron chi connectivity index (χ2n) is 6.92. The minimum atomic E-state index is -0.516. The van der Waals surface area contributed by atoms with Gasteiger partial charge in [-0.2, -0.15) is 0 Å². The quantitative estimate of drug-likeness (QED) is 0.643. The second-order valence-corrected chi connectivity index (χ2v) is 6.92. The predicted molar refractivity (Wildman–Crippen MR) is 107 cm³/mol. The van der Waals surface area contributed by atoms with Crippen molar-refractivity contribution in [2.24, 2.45) is 7.05 Å². The van der Waals surface area contributed by atoms with E-state index in [1.807, 2.05) is 0 Å². The van der Waals surface area contributed by atoms with Crippen molar-refractivity contribution in [3.05, 3.63) is 62.3 Å². The van der Waals surface area contributed by atoms with Crippen LogP contribution in [0.5, 0.6) is 0 Å². The average molecular weight is 387 g/mol. The monoisotopic (exact) mass is 387 g/mol. The van der Waals surface area contributed by atoms with Crippen LogP contribution in [0, 0.1) is 5.82 Å². The second kappa shape index (κ2) is 8.52. The summed E-state index contributed by atoms with van der Waals surface area (Å²) >= 11 is 0. The number of rotatable bonds is 8. The molecule has 0 fully saturated rings. The van der Waals surface area contributed by atoms with Crippen LogP contribution < -0.4 is 11.2 Å². The van der Waals surface area contributed by atoms with Crippen LogP contribution >= 0.6 is 0 Å². The Labute approximate surface area is 162 Å². The summed E-state index contributed by atoms with van der Waals surface area (Å²) in [5.41, 5.74) is 0.0363. The van der Waals surface area contributed by atoms with E-state index >= 15 is 0 Å². The molecule has 0 saturated carbocycles. The van der Waals surface area contributed by atoms with Crippen LogP contribution in [-0.2, 0) is 20.1 Å². The Morgan fingerprint density at radius 1 is 1.21 bits per heavy atom. The maximum Gasteiger partial charge on any atom is 0.329 e. The zero-order chi connectivity index (χ0) is 20.3. The summed E-state index contributed by atoms with van der Waals surface area (Å²) in [4.78, 5) is 33.7. The summed E-state index contributed by atoms with van der Waals surface area (Å²) in [5.74, 6) is 0.304. The number of unbranched alkanes of at least 4 members (excludes halogenated alkanes) is 1. The Balaban J connectivity index is 2.14. The van der Waals surface area contributed by atoms with Gasteiger partial charge in [0, 0.05) is 12.6 Å². The van der Waals surface area contributed by atoms with E-state index in [1.54, 1.807) is 29.8 Å². The molecule has 0 unspecified atom stereocenters. The molecule has 7 nitrogen and oxygen atoms in total. The van der Waals surface area contributed by atoms with Crippen molar-refractivity contribution in [1.29, 1.82) is 0 Å². The average Bonchev–Trinajstić information content (AvgIpc) is 3.03. The van der Waals surface area contributed by atoms with Crippen LogP contribution in [0.15, 0.2) is 33.9 Å². The number of H-pyrrole nitrogens is 1. The summed E-state index contributed by atoms with van der Waals surface area (Å²) < 4.78 is 17.3. The SMILES string of the molecule is CCCCN(CC)Cc1nc2c(c(=O)[nH]c(=O)n2C)n1Cc1ccccc1F. The number of benzene rings is 1. The minimum Gasteiger partial charge on any atom is -0.316 e. The molecule has 0 aliphatic carbocycles. The van der Waals surface area contributed by atoms with Gasteiger partial charge in [-0.1, -0.05) is 38.5 Å². The molecule has 2 aromatic heterocycles. The van der Waals surface area contributed by atoms with E-state index in [4.69, 9.17) is 0 Å². The zero-order valence-electron chi connectivity index (χ0n) is 16.5. The number of aromatic nitrogens is 4. The van der Waals surface area contributed by atoms with E-state index in [0.29, 0.717) is 23.6 Å². The molecule has 3 rings (SSSR count). The van der Waals surface area contributed by atoms with Crippen molar-refractivity contribution in [2.75, 3.05) is 13.1 Å². The van der Waals surface area contributed by atoms with E-state index in [1.165, 1.54) is 10.6 Å². The van der Waals surface area contributed by atoms with Crippen molar-refractivity contribution in [1.82, 2.24) is 24.0 Å². The predicted octanol–water partition coefficient (Wildman–Crippen LogP) is 2.23. The molecule has 0 saturated heterocycles. The van der Waals surface area contributed by atoms with Gasteiger partial charge in [0.1, 0.15) is 11.6 Å². The Bertz CT molecular complexity index is 1080. The van der Waals surface area contributed by atoms with E-state index in [2.05, 4.69) is 28.7 Å². The summed E-state index contributed by atoms with van der Waals surface area (Å²) in [7, 11) is 1.57. The number of nitrogens with zero attached hydrogens (tertiary/aromatic N) is 4. The highest BCUT2D eigenvalue weighted by Crippen LogP contribution is 2.17. The van der Waals surface area contributed by atoms with Crippen LogP contribution in [0.1, 0.15) is 38.1 Å². The first-order valence-electron chi connectivity index (χ1n) is 9.60. The first kappa shape index (κ1) is 20.0. The van der Waals surface area contributed by atoms with Gasteiger partial charge in [0.15, 0.2) is 11.2 Å². The molecule has 150 valence electrons. The highest BCUT2D eigenvalue weighted by Gasteiger charge is 2.19. The first-order valence-corrected chi connectivity index (χ1v) is 9.60. The van der Waals surface area contributed by atoms with E-state index in [9.17, 15) is 14.0 Å². The van der Waals surface area contributed by atoms with Gasteiger partial charge in [-0.15, -0.1) is 0 Å². The summed E-state index contributed by atoms with van der Waals surface area (Å²) in [6.07, 6.45) is 2.14. The third-order valence-corrected chi connectivity index (χ3v) is 5.01. The van der Waals surface area contributed by atoms with Gasteiger partial charge in [-0.05, 0) is 25.6 Å².